The van der Waals surface area contributed by atoms with Gasteiger partial charge in [0.1, 0.15) is 18.0 Å². The van der Waals surface area contributed by atoms with E-state index < -0.39 is 0 Å². The van der Waals surface area contributed by atoms with E-state index in [0.717, 1.165) is 49.9 Å². The fourth-order valence-corrected chi connectivity index (χ4v) is 4.82. The molecule has 1 spiro atoms. The highest BCUT2D eigenvalue weighted by Crippen LogP contribution is 2.37. The minimum atomic E-state index is -0.149. The third kappa shape index (κ3) is 3.07. The number of hydrogen-bond donors (Lipinski definition) is 0. The van der Waals surface area contributed by atoms with Gasteiger partial charge in [-0.1, -0.05) is 35.9 Å². The summed E-state index contributed by atoms with van der Waals surface area (Å²) < 4.78 is 19.7. The van der Waals surface area contributed by atoms with E-state index >= 15 is 0 Å². The number of nitrogens with zero attached hydrogens (tertiary/aromatic N) is 3. The molecule has 30 heavy (non-hydrogen) atoms. The van der Waals surface area contributed by atoms with E-state index in [0.29, 0.717) is 13.4 Å². The molecule has 1 aromatic heterocycles. The molecular formula is C24H25N3O3. The predicted molar refractivity (Wildman–Crippen MR) is 112 cm³/mol. The molecule has 1 saturated heterocycles. The van der Waals surface area contributed by atoms with Gasteiger partial charge in [-0.3, -0.25) is 4.90 Å². The van der Waals surface area contributed by atoms with Crippen molar-refractivity contribution in [3.05, 3.63) is 65.6 Å². The summed E-state index contributed by atoms with van der Waals surface area (Å²) in [6, 6.07) is 14.9. The smallest absolute Gasteiger partial charge is 0.231 e. The average Bonchev–Trinajstić information content (AvgIpc) is 3.47. The number of benzene rings is 2. The Morgan fingerprint density at radius 3 is 2.80 bits per heavy atom. The molecule has 6 nitrogen and oxygen atoms in total. The van der Waals surface area contributed by atoms with Crippen LogP contribution in [0, 0.1) is 6.92 Å². The topological polar surface area (TPSA) is 48.8 Å². The molecule has 3 aromatic rings. The quantitative estimate of drug-likeness (QED) is 0.666. The monoisotopic (exact) mass is 403 g/mol. The highest BCUT2D eigenvalue weighted by Gasteiger charge is 2.43. The molecule has 0 N–H and O–H groups in total. The maximum atomic E-state index is 6.39. The van der Waals surface area contributed by atoms with Crippen molar-refractivity contribution in [1.29, 1.82) is 0 Å². The number of aromatic nitrogens is 2. The SMILES string of the molecule is Cc1ccc(-c2cnc3n2CC2(CCN(Cc4ccc5c(c4)OCO5)C2)OC3)cc1. The Hall–Kier alpha value is -2.83. The maximum Gasteiger partial charge on any atom is 0.231 e. The van der Waals surface area contributed by atoms with Crippen LogP contribution in [0.4, 0.5) is 0 Å². The number of imidazole rings is 1. The molecule has 2 aromatic carbocycles. The Morgan fingerprint density at radius 2 is 1.90 bits per heavy atom. The van der Waals surface area contributed by atoms with Crippen LogP contribution in [0.25, 0.3) is 11.3 Å². The summed E-state index contributed by atoms with van der Waals surface area (Å²) in [5.41, 5.74) is 4.76. The van der Waals surface area contributed by atoms with Gasteiger partial charge in [-0.2, -0.15) is 0 Å². The van der Waals surface area contributed by atoms with Gasteiger partial charge in [0, 0.05) is 19.6 Å². The second-order valence-electron chi connectivity index (χ2n) is 8.63. The van der Waals surface area contributed by atoms with Crippen molar-refractivity contribution in [3.8, 4) is 22.8 Å². The van der Waals surface area contributed by atoms with Crippen LogP contribution >= 0.6 is 0 Å². The number of hydrogen-bond acceptors (Lipinski definition) is 5. The van der Waals surface area contributed by atoms with E-state index in [2.05, 4.69) is 57.8 Å². The zero-order valence-electron chi connectivity index (χ0n) is 17.1. The molecule has 3 aliphatic heterocycles. The summed E-state index contributed by atoms with van der Waals surface area (Å²) >= 11 is 0. The number of ether oxygens (including phenoxy) is 3. The minimum absolute atomic E-state index is 0.149. The Labute approximate surface area is 176 Å². The van der Waals surface area contributed by atoms with Crippen LogP contribution in [0.15, 0.2) is 48.7 Å². The molecule has 1 atom stereocenters. The summed E-state index contributed by atoms with van der Waals surface area (Å²) in [5, 5.41) is 0. The molecule has 3 aliphatic rings. The Morgan fingerprint density at radius 1 is 1.03 bits per heavy atom. The van der Waals surface area contributed by atoms with Gasteiger partial charge in [-0.05, 0) is 36.6 Å². The van der Waals surface area contributed by atoms with Crippen LogP contribution < -0.4 is 9.47 Å². The lowest BCUT2D eigenvalue weighted by atomic mass is 10.0. The largest absolute Gasteiger partial charge is 0.454 e. The van der Waals surface area contributed by atoms with Crippen molar-refractivity contribution in [2.75, 3.05) is 19.9 Å². The molecule has 0 amide bonds. The van der Waals surface area contributed by atoms with Crippen molar-refractivity contribution in [1.82, 2.24) is 14.5 Å². The summed E-state index contributed by atoms with van der Waals surface area (Å²) in [6.07, 6.45) is 3.02. The van der Waals surface area contributed by atoms with Gasteiger partial charge in [0.05, 0.1) is 18.4 Å². The number of rotatable bonds is 3. The third-order valence-corrected chi connectivity index (χ3v) is 6.48. The predicted octanol–water partition coefficient (Wildman–Crippen LogP) is 3.76. The van der Waals surface area contributed by atoms with E-state index in [-0.39, 0.29) is 5.60 Å². The first-order valence-electron chi connectivity index (χ1n) is 10.5. The second kappa shape index (κ2) is 6.86. The van der Waals surface area contributed by atoms with Crippen LogP contribution in [0.1, 0.15) is 23.4 Å². The Kier molecular flexibility index (Phi) is 4.11. The molecule has 0 bridgehead atoms. The van der Waals surface area contributed by atoms with Crippen molar-refractivity contribution in [3.63, 3.8) is 0 Å². The van der Waals surface area contributed by atoms with Crippen molar-refractivity contribution in [2.45, 2.75) is 38.6 Å². The zero-order chi connectivity index (χ0) is 20.1. The molecule has 1 unspecified atom stereocenters. The highest BCUT2D eigenvalue weighted by atomic mass is 16.7. The Balaban J connectivity index is 1.20. The minimum Gasteiger partial charge on any atom is -0.454 e. The van der Waals surface area contributed by atoms with Crippen LogP contribution in [0.3, 0.4) is 0 Å². The molecule has 0 aliphatic carbocycles. The average molecular weight is 403 g/mol. The number of fused-ring (bicyclic) bond motifs is 2. The van der Waals surface area contributed by atoms with Gasteiger partial charge in [-0.15, -0.1) is 0 Å². The van der Waals surface area contributed by atoms with Crippen molar-refractivity contribution >= 4 is 0 Å². The molecule has 0 radical (unpaired) electrons. The van der Waals surface area contributed by atoms with Crippen molar-refractivity contribution < 1.29 is 14.2 Å². The van der Waals surface area contributed by atoms with Crippen LogP contribution in [0.2, 0.25) is 0 Å². The lowest BCUT2D eigenvalue weighted by Crippen LogP contribution is -2.44. The van der Waals surface area contributed by atoms with Gasteiger partial charge < -0.3 is 18.8 Å². The van der Waals surface area contributed by atoms with Gasteiger partial charge >= 0.3 is 0 Å². The normalized spacial score (nSPS) is 22.6. The first-order chi connectivity index (χ1) is 14.7. The van der Waals surface area contributed by atoms with Crippen LogP contribution in [-0.4, -0.2) is 39.9 Å². The van der Waals surface area contributed by atoms with Crippen LogP contribution in [-0.2, 0) is 24.4 Å². The standard InChI is InChI=1S/C24H25N3O3/c1-17-2-5-19(6-3-17)20-11-25-23-13-30-24(15-27(20)23)8-9-26(14-24)12-18-4-7-21-22(10-18)29-16-28-21/h2-7,10-11H,8-9,12-16H2,1H3. The van der Waals surface area contributed by atoms with E-state index in [1.54, 1.807) is 0 Å². The van der Waals surface area contributed by atoms with Gasteiger partial charge in [0.25, 0.3) is 0 Å². The molecule has 154 valence electrons. The first-order valence-corrected chi connectivity index (χ1v) is 10.5. The lowest BCUT2D eigenvalue weighted by Gasteiger charge is -2.35. The summed E-state index contributed by atoms with van der Waals surface area (Å²) in [7, 11) is 0. The maximum absolute atomic E-state index is 6.39. The third-order valence-electron chi connectivity index (χ3n) is 6.48. The molecule has 4 heterocycles. The van der Waals surface area contributed by atoms with Crippen molar-refractivity contribution in [2.24, 2.45) is 0 Å². The van der Waals surface area contributed by atoms with Crippen LogP contribution in [0.5, 0.6) is 11.5 Å². The second-order valence-corrected chi connectivity index (χ2v) is 8.63. The number of likely N-dealkylation sites (tertiary alicyclic amines) is 1. The number of aryl methyl sites for hydroxylation is 1. The van der Waals surface area contributed by atoms with E-state index in [4.69, 9.17) is 14.2 Å². The van der Waals surface area contributed by atoms with E-state index in [1.807, 2.05) is 12.3 Å². The fraction of sp³-hybridized carbons (Fsp3) is 0.375. The molecular weight excluding hydrogens is 378 g/mol. The van der Waals surface area contributed by atoms with Gasteiger partial charge in [0.15, 0.2) is 11.5 Å². The van der Waals surface area contributed by atoms with Gasteiger partial charge in [-0.25, -0.2) is 4.98 Å². The van der Waals surface area contributed by atoms with E-state index in [9.17, 15) is 0 Å². The fourth-order valence-electron chi connectivity index (χ4n) is 4.82. The summed E-state index contributed by atoms with van der Waals surface area (Å²) in [6.45, 7) is 6.70. The summed E-state index contributed by atoms with van der Waals surface area (Å²) in [5.74, 6) is 2.70. The van der Waals surface area contributed by atoms with E-state index in [1.165, 1.54) is 22.4 Å². The summed E-state index contributed by atoms with van der Waals surface area (Å²) in [4.78, 5) is 7.11. The van der Waals surface area contributed by atoms with Gasteiger partial charge in [0.2, 0.25) is 6.79 Å². The lowest BCUT2D eigenvalue weighted by molar-refractivity contribution is -0.0821. The first kappa shape index (κ1) is 18.0. The zero-order valence-corrected chi connectivity index (χ0v) is 17.1. The highest BCUT2D eigenvalue weighted by molar-refractivity contribution is 5.60. The Bertz CT molecular complexity index is 1090. The molecule has 6 rings (SSSR count). The molecule has 1 fully saturated rings. The molecule has 6 heteroatoms. The molecule has 0 saturated carbocycles.